The monoisotopic (exact) mass is 470 g/mol. The molecular formula is C21H30N2O10. The summed E-state index contributed by atoms with van der Waals surface area (Å²) in [5.74, 6) is -7.29. The zero-order chi connectivity index (χ0) is 25.9. The molecule has 2 unspecified atom stereocenters. The third-order valence-electron chi connectivity index (χ3n) is 4.14. The van der Waals surface area contributed by atoms with E-state index in [1.165, 1.54) is 27.7 Å². The van der Waals surface area contributed by atoms with Gasteiger partial charge in [0.15, 0.2) is 0 Å². The SMILES string of the molecule is C=C(C)C(=O)NCC(C)OC(=O)C(CC(=O)O)(C(=O)OC)C(=O)OC(C)CNC(=O)C(=C)C. The van der Waals surface area contributed by atoms with Crippen molar-refractivity contribution in [2.45, 2.75) is 46.3 Å². The van der Waals surface area contributed by atoms with Crippen molar-refractivity contribution in [3.8, 4) is 0 Å². The van der Waals surface area contributed by atoms with Gasteiger partial charge in [0.1, 0.15) is 12.2 Å². The highest BCUT2D eigenvalue weighted by molar-refractivity contribution is 6.19. The van der Waals surface area contributed by atoms with Crippen molar-refractivity contribution < 1.29 is 48.1 Å². The van der Waals surface area contributed by atoms with E-state index in [0.717, 1.165) is 7.11 Å². The molecule has 0 bridgehead atoms. The Labute approximate surface area is 191 Å². The van der Waals surface area contributed by atoms with Gasteiger partial charge < -0.3 is 30.0 Å². The Bertz CT molecular complexity index is 783. The van der Waals surface area contributed by atoms with E-state index >= 15 is 0 Å². The van der Waals surface area contributed by atoms with Crippen LogP contribution in [0, 0.1) is 5.41 Å². The molecule has 0 radical (unpaired) electrons. The number of hydrogen-bond donors (Lipinski definition) is 3. The molecule has 0 aliphatic heterocycles. The fourth-order valence-electron chi connectivity index (χ4n) is 2.29. The summed E-state index contributed by atoms with van der Waals surface area (Å²) < 4.78 is 14.7. The molecule has 184 valence electrons. The number of aliphatic carboxylic acids is 1. The summed E-state index contributed by atoms with van der Waals surface area (Å²) in [6.07, 6.45) is -3.43. The van der Waals surface area contributed by atoms with Gasteiger partial charge in [-0.25, -0.2) is 0 Å². The van der Waals surface area contributed by atoms with E-state index in [-0.39, 0.29) is 24.2 Å². The molecule has 2 atom stereocenters. The van der Waals surface area contributed by atoms with Crippen LogP contribution in [0.3, 0.4) is 0 Å². The number of ether oxygens (including phenoxy) is 3. The van der Waals surface area contributed by atoms with Crippen LogP contribution in [-0.2, 0) is 43.0 Å². The lowest BCUT2D eigenvalue weighted by Crippen LogP contribution is -2.53. The number of carbonyl (C=O) groups is 6. The second-order valence-corrected chi connectivity index (χ2v) is 7.38. The van der Waals surface area contributed by atoms with Crippen molar-refractivity contribution in [2.24, 2.45) is 5.41 Å². The van der Waals surface area contributed by atoms with Gasteiger partial charge in [0.05, 0.1) is 26.6 Å². The molecule has 0 aromatic carbocycles. The Morgan fingerprint density at radius 1 is 0.818 bits per heavy atom. The molecule has 2 amide bonds. The van der Waals surface area contributed by atoms with E-state index in [0.29, 0.717) is 0 Å². The maximum Gasteiger partial charge on any atom is 0.336 e. The van der Waals surface area contributed by atoms with Crippen LogP contribution in [0.4, 0.5) is 0 Å². The molecule has 0 fully saturated rings. The molecule has 0 aromatic heterocycles. The molecule has 0 aliphatic rings. The predicted octanol–water partition coefficient (Wildman–Crippen LogP) is -0.131. The second-order valence-electron chi connectivity index (χ2n) is 7.38. The Morgan fingerprint density at radius 2 is 1.18 bits per heavy atom. The molecule has 0 aromatic rings. The molecule has 12 heteroatoms. The van der Waals surface area contributed by atoms with Gasteiger partial charge in [-0.15, -0.1) is 0 Å². The zero-order valence-corrected chi connectivity index (χ0v) is 19.3. The van der Waals surface area contributed by atoms with Crippen LogP contribution in [-0.4, -0.2) is 73.2 Å². The maximum atomic E-state index is 12.9. The minimum atomic E-state index is -2.97. The summed E-state index contributed by atoms with van der Waals surface area (Å²) in [4.78, 5) is 72.9. The van der Waals surface area contributed by atoms with Gasteiger partial charge in [-0.05, 0) is 27.7 Å². The number of rotatable bonds is 13. The highest BCUT2D eigenvalue weighted by Crippen LogP contribution is 2.30. The first-order valence-electron chi connectivity index (χ1n) is 9.78. The normalized spacial score (nSPS) is 13.8. The summed E-state index contributed by atoms with van der Waals surface area (Å²) >= 11 is 0. The van der Waals surface area contributed by atoms with E-state index in [2.05, 4.69) is 28.5 Å². The second kappa shape index (κ2) is 13.0. The van der Waals surface area contributed by atoms with Crippen LogP contribution >= 0.6 is 0 Å². The highest BCUT2D eigenvalue weighted by atomic mass is 16.6. The lowest BCUT2D eigenvalue weighted by molar-refractivity contribution is -0.190. The van der Waals surface area contributed by atoms with E-state index in [1.54, 1.807) is 0 Å². The molecular weight excluding hydrogens is 440 g/mol. The fourth-order valence-corrected chi connectivity index (χ4v) is 2.29. The average Bonchev–Trinajstić information content (AvgIpc) is 2.72. The summed E-state index contributed by atoms with van der Waals surface area (Å²) in [5, 5.41) is 14.1. The first-order valence-corrected chi connectivity index (χ1v) is 9.78. The Hall–Kier alpha value is -3.70. The molecule has 3 N–H and O–H groups in total. The van der Waals surface area contributed by atoms with Crippen LogP contribution in [0.5, 0.6) is 0 Å². The average molecular weight is 470 g/mol. The molecule has 0 saturated carbocycles. The van der Waals surface area contributed by atoms with Gasteiger partial charge in [0.2, 0.25) is 11.8 Å². The van der Waals surface area contributed by atoms with Crippen molar-refractivity contribution in [1.29, 1.82) is 0 Å². The zero-order valence-electron chi connectivity index (χ0n) is 19.3. The van der Waals surface area contributed by atoms with Crippen LogP contribution in [0.2, 0.25) is 0 Å². The van der Waals surface area contributed by atoms with Crippen molar-refractivity contribution in [3.05, 3.63) is 24.3 Å². The van der Waals surface area contributed by atoms with Crippen molar-refractivity contribution in [2.75, 3.05) is 20.2 Å². The van der Waals surface area contributed by atoms with Crippen molar-refractivity contribution in [3.63, 3.8) is 0 Å². The minimum absolute atomic E-state index is 0.194. The number of carboxylic acids is 1. The number of esters is 3. The van der Waals surface area contributed by atoms with Crippen LogP contribution in [0.15, 0.2) is 24.3 Å². The van der Waals surface area contributed by atoms with Gasteiger partial charge in [0.25, 0.3) is 5.41 Å². The standard InChI is InChI=1S/C21H30N2O10/c1-11(2)16(26)22-9-13(5)32-19(29)21(8-15(24)25,18(28)31-7)20(30)33-14(6)10-23-17(27)12(3)4/h13-14H,1,3,8-10H2,2,4-7H3,(H,22,26)(H,23,27)(H,24,25). The number of hydrogen-bond acceptors (Lipinski definition) is 9. The third-order valence-corrected chi connectivity index (χ3v) is 4.14. The summed E-state index contributed by atoms with van der Waals surface area (Å²) in [5.41, 5.74) is -2.58. The number of carboxylic acid groups (broad SMARTS) is 1. The number of nitrogens with one attached hydrogen (secondary N) is 2. The van der Waals surface area contributed by atoms with Gasteiger partial charge in [-0.3, -0.25) is 28.8 Å². The molecule has 33 heavy (non-hydrogen) atoms. The highest BCUT2D eigenvalue weighted by Gasteiger charge is 2.59. The summed E-state index contributed by atoms with van der Waals surface area (Å²) in [6.45, 7) is 12.1. The predicted molar refractivity (Wildman–Crippen MR) is 113 cm³/mol. The molecule has 12 nitrogen and oxygen atoms in total. The largest absolute Gasteiger partial charge is 0.481 e. The van der Waals surface area contributed by atoms with Crippen molar-refractivity contribution >= 4 is 35.7 Å². The molecule has 0 saturated heterocycles. The summed E-state index contributed by atoms with van der Waals surface area (Å²) in [7, 11) is 0.854. The smallest absolute Gasteiger partial charge is 0.336 e. The molecule has 0 spiro atoms. The van der Waals surface area contributed by atoms with Crippen LogP contribution in [0.25, 0.3) is 0 Å². The first kappa shape index (κ1) is 29.3. The fraction of sp³-hybridized carbons (Fsp3) is 0.524. The third kappa shape index (κ3) is 8.75. The molecule has 0 aliphatic carbocycles. The van der Waals surface area contributed by atoms with E-state index in [4.69, 9.17) is 9.47 Å². The topological polar surface area (TPSA) is 174 Å². The van der Waals surface area contributed by atoms with Gasteiger partial charge in [-0.2, -0.15) is 0 Å². The van der Waals surface area contributed by atoms with Gasteiger partial charge >= 0.3 is 23.9 Å². The van der Waals surface area contributed by atoms with Gasteiger partial charge in [-0.1, -0.05) is 13.2 Å². The van der Waals surface area contributed by atoms with E-state index in [9.17, 15) is 33.9 Å². The van der Waals surface area contributed by atoms with Gasteiger partial charge in [0, 0.05) is 11.1 Å². The molecule has 0 rings (SSSR count). The Kier molecular flexibility index (Phi) is 11.5. The number of amides is 2. The lowest BCUT2D eigenvalue weighted by Gasteiger charge is -2.28. The minimum Gasteiger partial charge on any atom is -0.481 e. The lowest BCUT2D eigenvalue weighted by atomic mass is 9.84. The summed E-state index contributed by atoms with van der Waals surface area (Å²) in [6, 6.07) is 0. The first-order chi connectivity index (χ1) is 15.2. The Morgan fingerprint density at radius 3 is 1.45 bits per heavy atom. The number of methoxy groups -OCH3 is 1. The van der Waals surface area contributed by atoms with E-state index < -0.39 is 59.7 Å². The maximum absolute atomic E-state index is 12.9. The van der Waals surface area contributed by atoms with Crippen LogP contribution < -0.4 is 10.6 Å². The van der Waals surface area contributed by atoms with Crippen LogP contribution in [0.1, 0.15) is 34.1 Å². The Balaban J connectivity index is 5.72. The van der Waals surface area contributed by atoms with Crippen molar-refractivity contribution in [1.82, 2.24) is 10.6 Å². The quantitative estimate of drug-likeness (QED) is 0.142. The number of carbonyl (C=O) groups excluding carboxylic acids is 5. The molecule has 0 heterocycles. The van der Waals surface area contributed by atoms with E-state index in [1.807, 2.05) is 0 Å².